The van der Waals surface area contributed by atoms with Crippen molar-refractivity contribution in [1.82, 2.24) is 0 Å². The van der Waals surface area contributed by atoms with E-state index >= 15 is 0 Å². The van der Waals surface area contributed by atoms with E-state index in [2.05, 4.69) is 0 Å². The summed E-state index contributed by atoms with van der Waals surface area (Å²) in [6, 6.07) is 7.68. The lowest BCUT2D eigenvalue weighted by Gasteiger charge is -2.27. The summed E-state index contributed by atoms with van der Waals surface area (Å²) < 4.78 is 15.6. The molecule has 122 valence electrons. The zero-order valence-corrected chi connectivity index (χ0v) is 13.7. The third-order valence-electron chi connectivity index (χ3n) is 4.89. The van der Waals surface area contributed by atoms with Crippen molar-refractivity contribution in [3.8, 4) is 5.75 Å². The molecule has 0 amide bonds. The van der Waals surface area contributed by atoms with E-state index in [1.807, 2.05) is 44.2 Å². The Balaban J connectivity index is 2.03. The van der Waals surface area contributed by atoms with Gasteiger partial charge in [0.25, 0.3) is 0 Å². The molecule has 1 aliphatic carbocycles. The minimum absolute atomic E-state index is 0.0681. The molecule has 0 N–H and O–H groups in total. The number of carbonyl (C=O) groups excluding carboxylic acids is 2. The molecule has 0 aromatic heterocycles. The summed E-state index contributed by atoms with van der Waals surface area (Å²) in [7, 11) is 2.91. The summed E-state index contributed by atoms with van der Waals surface area (Å²) >= 11 is 0. The van der Waals surface area contributed by atoms with Crippen molar-refractivity contribution in [1.29, 1.82) is 0 Å². The first-order valence-electron chi connectivity index (χ1n) is 7.55. The number of ether oxygens (including phenoxy) is 3. The molecule has 4 atom stereocenters. The van der Waals surface area contributed by atoms with Gasteiger partial charge in [-0.2, -0.15) is 0 Å². The van der Waals surface area contributed by atoms with Crippen LogP contribution in [0, 0.1) is 11.8 Å². The predicted octanol–water partition coefficient (Wildman–Crippen LogP) is 2.46. The molecule has 1 saturated heterocycles. The number of hydrogen-bond acceptors (Lipinski definition) is 5. The largest absolute Gasteiger partial charge is 0.497 e. The molecule has 23 heavy (non-hydrogen) atoms. The summed E-state index contributed by atoms with van der Waals surface area (Å²) in [4.78, 5) is 24.3. The number of fused-ring (bicyclic) bond motifs is 1. The van der Waals surface area contributed by atoms with Gasteiger partial charge in [-0.3, -0.25) is 9.59 Å². The topological polar surface area (TPSA) is 61.8 Å². The van der Waals surface area contributed by atoms with Gasteiger partial charge in [-0.15, -0.1) is 0 Å². The van der Waals surface area contributed by atoms with Crippen molar-refractivity contribution in [2.75, 3.05) is 14.2 Å². The molecule has 1 fully saturated rings. The Labute approximate surface area is 135 Å². The van der Waals surface area contributed by atoms with E-state index in [0.29, 0.717) is 0 Å². The summed E-state index contributed by atoms with van der Waals surface area (Å²) in [6.45, 7) is 3.85. The van der Waals surface area contributed by atoms with Gasteiger partial charge in [0.05, 0.1) is 14.2 Å². The minimum atomic E-state index is -0.897. The average Bonchev–Trinajstić information content (AvgIpc) is 2.92. The molecule has 5 nitrogen and oxygen atoms in total. The lowest BCUT2D eigenvalue weighted by atomic mass is 9.74. The van der Waals surface area contributed by atoms with Crippen LogP contribution in [0.15, 0.2) is 35.9 Å². The number of benzene rings is 1. The van der Waals surface area contributed by atoms with Crippen LogP contribution in [0.25, 0.3) is 0 Å². The normalized spacial score (nSPS) is 32.1. The molecular formula is C18H20O5. The van der Waals surface area contributed by atoms with Crippen molar-refractivity contribution in [3.05, 3.63) is 41.5 Å². The first kappa shape index (κ1) is 15.6. The minimum Gasteiger partial charge on any atom is -0.497 e. The number of carbonyl (C=O) groups is 2. The van der Waals surface area contributed by atoms with E-state index in [9.17, 15) is 9.59 Å². The van der Waals surface area contributed by atoms with Crippen LogP contribution in [-0.4, -0.2) is 31.8 Å². The Morgan fingerprint density at radius 2 is 1.87 bits per heavy atom. The van der Waals surface area contributed by atoms with Crippen LogP contribution in [0.1, 0.15) is 25.3 Å². The molecule has 0 spiro atoms. The van der Waals surface area contributed by atoms with Crippen LogP contribution in [0.2, 0.25) is 0 Å². The molecule has 5 heteroatoms. The van der Waals surface area contributed by atoms with Gasteiger partial charge in [-0.1, -0.05) is 17.7 Å². The second-order valence-electron chi connectivity index (χ2n) is 6.27. The first-order chi connectivity index (χ1) is 10.9. The van der Waals surface area contributed by atoms with Crippen molar-refractivity contribution < 1.29 is 23.8 Å². The SMILES string of the molecule is COC(=O)[C@@H]1C(=O)O[C@@]2(C)C=C(C)[C@H](c3ccc(OC)cc3)[C@@H]12. The number of allylic oxidation sites excluding steroid dienone is 1. The van der Waals surface area contributed by atoms with E-state index < -0.39 is 23.5 Å². The third kappa shape index (κ3) is 2.31. The van der Waals surface area contributed by atoms with Crippen molar-refractivity contribution in [2.24, 2.45) is 11.8 Å². The Bertz CT molecular complexity index is 675. The maximum Gasteiger partial charge on any atom is 0.321 e. The van der Waals surface area contributed by atoms with Gasteiger partial charge in [0.2, 0.25) is 0 Å². The molecule has 1 aromatic carbocycles. The highest BCUT2D eigenvalue weighted by Gasteiger charge is 2.61. The molecule has 0 radical (unpaired) electrons. The van der Waals surface area contributed by atoms with Crippen molar-refractivity contribution in [2.45, 2.75) is 25.4 Å². The number of hydrogen-bond donors (Lipinski definition) is 0. The van der Waals surface area contributed by atoms with Crippen molar-refractivity contribution in [3.63, 3.8) is 0 Å². The van der Waals surface area contributed by atoms with Crippen LogP contribution in [0.4, 0.5) is 0 Å². The molecule has 1 aliphatic heterocycles. The monoisotopic (exact) mass is 316 g/mol. The van der Waals surface area contributed by atoms with Crippen LogP contribution in [0.3, 0.4) is 0 Å². The molecule has 1 heterocycles. The van der Waals surface area contributed by atoms with E-state index in [0.717, 1.165) is 16.9 Å². The maximum atomic E-state index is 12.2. The molecule has 2 aliphatic rings. The molecule has 0 saturated carbocycles. The van der Waals surface area contributed by atoms with Crippen molar-refractivity contribution >= 4 is 11.9 Å². The summed E-state index contributed by atoms with van der Waals surface area (Å²) in [6.07, 6.45) is 1.95. The fourth-order valence-electron chi connectivity index (χ4n) is 3.95. The van der Waals surface area contributed by atoms with Crippen LogP contribution < -0.4 is 4.74 Å². The zero-order valence-electron chi connectivity index (χ0n) is 13.7. The molecular weight excluding hydrogens is 296 g/mol. The van der Waals surface area contributed by atoms with Crippen LogP contribution in [0.5, 0.6) is 5.75 Å². The average molecular weight is 316 g/mol. The molecule has 0 unspecified atom stereocenters. The Morgan fingerprint density at radius 1 is 1.22 bits per heavy atom. The molecule has 3 rings (SSSR count). The van der Waals surface area contributed by atoms with E-state index in [1.54, 1.807) is 7.11 Å². The lowest BCUT2D eigenvalue weighted by molar-refractivity contribution is -0.156. The van der Waals surface area contributed by atoms with E-state index in [-0.39, 0.29) is 11.8 Å². The predicted molar refractivity (Wildman–Crippen MR) is 83.0 cm³/mol. The zero-order chi connectivity index (χ0) is 16.8. The maximum absolute atomic E-state index is 12.2. The molecule has 1 aromatic rings. The van der Waals surface area contributed by atoms with E-state index in [1.165, 1.54) is 7.11 Å². The highest BCUT2D eigenvalue weighted by atomic mass is 16.6. The lowest BCUT2D eigenvalue weighted by Crippen LogP contribution is -2.35. The van der Waals surface area contributed by atoms with Gasteiger partial charge in [0.1, 0.15) is 11.4 Å². The Kier molecular flexibility index (Phi) is 3.66. The van der Waals surface area contributed by atoms with Gasteiger partial charge in [-0.05, 0) is 37.6 Å². The summed E-state index contributed by atoms with van der Waals surface area (Å²) in [5.41, 5.74) is 1.34. The Hall–Kier alpha value is -2.30. The fraction of sp³-hybridized carbons (Fsp3) is 0.444. The first-order valence-corrected chi connectivity index (χ1v) is 7.55. The molecule has 0 bridgehead atoms. The standard InChI is InChI=1S/C18H20O5/c1-10-9-18(2)15(14(16(19)22-4)17(20)23-18)13(10)11-5-7-12(21-3)8-6-11/h5-9,13-15H,1-4H3/t13-,14-,15+,18+/m1/s1. The van der Waals surface area contributed by atoms with Gasteiger partial charge in [0.15, 0.2) is 5.92 Å². The number of methoxy groups -OCH3 is 2. The van der Waals surface area contributed by atoms with E-state index in [4.69, 9.17) is 14.2 Å². The smallest absolute Gasteiger partial charge is 0.321 e. The highest BCUT2D eigenvalue weighted by Crippen LogP contribution is 2.55. The second kappa shape index (κ2) is 5.41. The van der Waals surface area contributed by atoms with Crippen LogP contribution in [-0.2, 0) is 19.1 Å². The second-order valence-corrected chi connectivity index (χ2v) is 6.27. The van der Waals surface area contributed by atoms with Gasteiger partial charge in [-0.25, -0.2) is 0 Å². The summed E-state index contributed by atoms with van der Waals surface area (Å²) in [5, 5.41) is 0. The summed E-state index contributed by atoms with van der Waals surface area (Å²) in [5.74, 6) is -1.54. The van der Waals surface area contributed by atoms with Gasteiger partial charge < -0.3 is 14.2 Å². The van der Waals surface area contributed by atoms with Gasteiger partial charge >= 0.3 is 11.9 Å². The van der Waals surface area contributed by atoms with Crippen LogP contribution >= 0.6 is 0 Å². The number of rotatable bonds is 3. The fourth-order valence-corrected chi connectivity index (χ4v) is 3.95. The third-order valence-corrected chi connectivity index (χ3v) is 4.89. The quantitative estimate of drug-likeness (QED) is 0.487. The number of esters is 2. The Morgan fingerprint density at radius 3 is 2.43 bits per heavy atom. The van der Waals surface area contributed by atoms with Gasteiger partial charge in [0, 0.05) is 11.8 Å². The highest BCUT2D eigenvalue weighted by molar-refractivity contribution is 5.98.